The van der Waals surface area contributed by atoms with E-state index in [0.717, 1.165) is 28.1 Å². The first kappa shape index (κ1) is 15.6. The van der Waals surface area contributed by atoms with Crippen LogP contribution in [-0.2, 0) is 0 Å². The molecule has 0 unspecified atom stereocenters. The second-order valence-electron chi connectivity index (χ2n) is 5.99. The van der Waals surface area contributed by atoms with Gasteiger partial charge in [-0.05, 0) is 59.7 Å². The van der Waals surface area contributed by atoms with Crippen molar-refractivity contribution >= 4 is 21.8 Å². The van der Waals surface area contributed by atoms with Crippen LogP contribution in [0.5, 0.6) is 0 Å². The monoisotopic (exact) mass is 337 g/mol. The lowest BCUT2D eigenvalue weighted by Crippen LogP contribution is -2.31. The number of carbonyl (C=O) groups is 1. The third kappa shape index (κ3) is 4.08. The molecule has 0 aliphatic heterocycles. The molecule has 3 heteroatoms. The predicted octanol–water partition coefficient (Wildman–Crippen LogP) is 4.70. The fraction of sp³-hybridized carbons (Fsp3) is 0.588. The molecule has 110 valence electrons. The molecule has 2 rings (SSSR count). The molecule has 1 N–H and O–H groups in total. The lowest BCUT2D eigenvalue weighted by molar-refractivity contribution is 0.0940. The lowest BCUT2D eigenvalue weighted by atomic mass is 9.81. The smallest absolute Gasteiger partial charge is 0.252 e. The van der Waals surface area contributed by atoms with E-state index in [1.54, 1.807) is 0 Å². The Balaban J connectivity index is 1.85. The van der Waals surface area contributed by atoms with E-state index in [2.05, 4.69) is 28.2 Å². The Kier molecular flexibility index (Phi) is 5.64. The fourth-order valence-electron chi connectivity index (χ4n) is 2.99. The molecule has 0 aromatic heterocycles. The van der Waals surface area contributed by atoms with Crippen LogP contribution in [0.1, 0.15) is 54.9 Å². The van der Waals surface area contributed by atoms with Crippen LogP contribution in [0.15, 0.2) is 22.7 Å². The van der Waals surface area contributed by atoms with Crippen molar-refractivity contribution in [2.24, 2.45) is 11.8 Å². The zero-order valence-electron chi connectivity index (χ0n) is 12.4. The average molecular weight is 338 g/mol. The number of benzene rings is 1. The second-order valence-corrected chi connectivity index (χ2v) is 6.84. The average Bonchev–Trinajstić information content (AvgIpc) is 2.47. The summed E-state index contributed by atoms with van der Waals surface area (Å²) < 4.78 is 0.871. The molecule has 20 heavy (non-hydrogen) atoms. The number of carbonyl (C=O) groups excluding carboxylic acids is 1. The molecule has 1 aromatic carbocycles. The number of hydrogen-bond acceptors (Lipinski definition) is 1. The number of nitrogens with one attached hydrogen (secondary N) is 1. The molecule has 0 saturated heterocycles. The van der Waals surface area contributed by atoms with Gasteiger partial charge in [-0.3, -0.25) is 4.79 Å². The zero-order chi connectivity index (χ0) is 14.5. The number of aryl methyl sites for hydroxylation is 1. The predicted molar refractivity (Wildman–Crippen MR) is 87.0 cm³/mol. The first-order valence-corrected chi connectivity index (χ1v) is 8.43. The van der Waals surface area contributed by atoms with Crippen LogP contribution in [0.25, 0.3) is 0 Å². The van der Waals surface area contributed by atoms with Crippen LogP contribution in [0.4, 0.5) is 0 Å². The molecule has 1 aliphatic rings. The summed E-state index contributed by atoms with van der Waals surface area (Å²) in [6.07, 6.45) is 6.47. The van der Waals surface area contributed by atoms with Crippen molar-refractivity contribution in [3.8, 4) is 0 Å². The van der Waals surface area contributed by atoms with E-state index in [9.17, 15) is 4.79 Å². The second kappa shape index (κ2) is 7.26. The largest absolute Gasteiger partial charge is 0.352 e. The maximum Gasteiger partial charge on any atom is 0.252 e. The van der Waals surface area contributed by atoms with Crippen LogP contribution in [-0.4, -0.2) is 12.5 Å². The molecule has 1 amide bonds. The van der Waals surface area contributed by atoms with Crippen LogP contribution in [0.2, 0.25) is 0 Å². The van der Waals surface area contributed by atoms with E-state index < -0.39 is 0 Å². The van der Waals surface area contributed by atoms with Gasteiger partial charge < -0.3 is 5.32 Å². The van der Waals surface area contributed by atoms with E-state index in [4.69, 9.17) is 0 Å². The van der Waals surface area contributed by atoms with Gasteiger partial charge in [-0.1, -0.05) is 37.8 Å². The molecule has 2 nitrogen and oxygen atoms in total. The van der Waals surface area contributed by atoms with Crippen LogP contribution < -0.4 is 5.32 Å². The Morgan fingerprint density at radius 1 is 1.25 bits per heavy atom. The normalized spacial score (nSPS) is 22.6. The van der Waals surface area contributed by atoms with Crippen molar-refractivity contribution in [2.75, 3.05) is 6.54 Å². The van der Waals surface area contributed by atoms with E-state index in [1.807, 2.05) is 25.1 Å². The highest BCUT2D eigenvalue weighted by Gasteiger charge is 2.20. The molecule has 1 aliphatic carbocycles. The Morgan fingerprint density at radius 2 is 1.90 bits per heavy atom. The summed E-state index contributed by atoms with van der Waals surface area (Å²) in [5.41, 5.74) is 1.86. The van der Waals surface area contributed by atoms with Crippen LogP contribution in [0, 0.1) is 18.8 Å². The van der Waals surface area contributed by atoms with Crippen molar-refractivity contribution in [1.29, 1.82) is 0 Å². The van der Waals surface area contributed by atoms with Crippen LogP contribution in [0.3, 0.4) is 0 Å². The quantitative estimate of drug-likeness (QED) is 0.847. The maximum atomic E-state index is 12.2. The summed E-state index contributed by atoms with van der Waals surface area (Å²) in [4.78, 5) is 12.2. The third-order valence-corrected chi connectivity index (χ3v) is 5.15. The summed E-state index contributed by atoms with van der Waals surface area (Å²) in [5, 5.41) is 3.10. The summed E-state index contributed by atoms with van der Waals surface area (Å²) in [6, 6.07) is 5.89. The highest BCUT2D eigenvalue weighted by Crippen LogP contribution is 2.30. The summed E-state index contributed by atoms with van der Waals surface area (Å²) in [7, 11) is 0. The van der Waals surface area contributed by atoms with Gasteiger partial charge in [-0.25, -0.2) is 0 Å². The van der Waals surface area contributed by atoms with Crippen LogP contribution >= 0.6 is 15.9 Å². The maximum absolute atomic E-state index is 12.2. The van der Waals surface area contributed by atoms with Crippen molar-refractivity contribution in [2.45, 2.75) is 46.0 Å². The van der Waals surface area contributed by atoms with E-state index in [-0.39, 0.29) is 5.91 Å². The van der Waals surface area contributed by atoms with E-state index in [1.165, 1.54) is 32.1 Å². The molecular formula is C17H24BrNO. The first-order valence-electron chi connectivity index (χ1n) is 7.64. The van der Waals surface area contributed by atoms with Gasteiger partial charge >= 0.3 is 0 Å². The number of hydrogen-bond donors (Lipinski definition) is 1. The fourth-order valence-corrected chi connectivity index (χ4v) is 3.42. The molecule has 0 atom stereocenters. The molecule has 1 fully saturated rings. The molecular weight excluding hydrogens is 314 g/mol. The SMILES string of the molecule is CCC1CCC(CNC(=O)c2cc(C)ccc2Br)CC1. The summed E-state index contributed by atoms with van der Waals surface area (Å²) in [5.74, 6) is 1.61. The Hall–Kier alpha value is -0.830. The van der Waals surface area contributed by atoms with Crippen molar-refractivity contribution in [3.63, 3.8) is 0 Å². The van der Waals surface area contributed by atoms with E-state index in [0.29, 0.717) is 5.92 Å². The van der Waals surface area contributed by atoms with Gasteiger partial charge in [0.1, 0.15) is 0 Å². The lowest BCUT2D eigenvalue weighted by Gasteiger charge is -2.27. The number of halogens is 1. The minimum Gasteiger partial charge on any atom is -0.352 e. The first-order chi connectivity index (χ1) is 9.60. The molecule has 1 saturated carbocycles. The molecule has 0 spiro atoms. The zero-order valence-corrected chi connectivity index (χ0v) is 14.0. The molecule has 0 radical (unpaired) electrons. The topological polar surface area (TPSA) is 29.1 Å². The Labute approximate surface area is 130 Å². The molecule has 0 heterocycles. The number of amides is 1. The summed E-state index contributed by atoms with van der Waals surface area (Å²) >= 11 is 3.45. The van der Waals surface area contributed by atoms with Gasteiger partial charge in [-0.2, -0.15) is 0 Å². The Morgan fingerprint density at radius 3 is 2.55 bits per heavy atom. The van der Waals surface area contributed by atoms with Gasteiger partial charge in [-0.15, -0.1) is 0 Å². The Bertz CT molecular complexity index is 464. The van der Waals surface area contributed by atoms with Crippen molar-refractivity contribution < 1.29 is 4.79 Å². The van der Waals surface area contributed by atoms with Gasteiger partial charge in [0.15, 0.2) is 0 Å². The van der Waals surface area contributed by atoms with Gasteiger partial charge in [0.2, 0.25) is 0 Å². The standard InChI is InChI=1S/C17H24BrNO/c1-3-13-5-7-14(8-6-13)11-19-17(20)15-10-12(2)4-9-16(15)18/h4,9-10,13-14H,3,5-8,11H2,1-2H3,(H,19,20). The van der Waals surface area contributed by atoms with Gasteiger partial charge in [0, 0.05) is 11.0 Å². The van der Waals surface area contributed by atoms with Gasteiger partial charge in [0.05, 0.1) is 5.56 Å². The van der Waals surface area contributed by atoms with Crippen molar-refractivity contribution in [1.82, 2.24) is 5.32 Å². The molecule has 1 aromatic rings. The summed E-state index contributed by atoms with van der Waals surface area (Å²) in [6.45, 7) is 5.10. The van der Waals surface area contributed by atoms with Gasteiger partial charge in [0.25, 0.3) is 5.91 Å². The number of rotatable bonds is 4. The molecule has 0 bridgehead atoms. The van der Waals surface area contributed by atoms with Crippen molar-refractivity contribution in [3.05, 3.63) is 33.8 Å². The highest BCUT2D eigenvalue weighted by atomic mass is 79.9. The highest BCUT2D eigenvalue weighted by molar-refractivity contribution is 9.10. The third-order valence-electron chi connectivity index (χ3n) is 4.46. The van der Waals surface area contributed by atoms with E-state index >= 15 is 0 Å². The minimum absolute atomic E-state index is 0.0400. The minimum atomic E-state index is 0.0400.